The summed E-state index contributed by atoms with van der Waals surface area (Å²) in [6.07, 6.45) is 3.14. The Morgan fingerprint density at radius 3 is 2.25 bits per heavy atom. The quantitative estimate of drug-likeness (QED) is 0.0821. The summed E-state index contributed by atoms with van der Waals surface area (Å²) in [7, 11) is 0. The van der Waals surface area contributed by atoms with Gasteiger partial charge in [0.15, 0.2) is 0 Å². The number of unbranched alkanes of at least 4 members (excludes halogenated alkanes) is 3. The lowest BCUT2D eigenvalue weighted by molar-refractivity contribution is 0.148. The first-order valence-corrected chi connectivity index (χ1v) is 12.8. The highest BCUT2D eigenvalue weighted by molar-refractivity contribution is 14.1. The molecule has 7 heteroatoms. The van der Waals surface area contributed by atoms with Crippen molar-refractivity contribution in [2.75, 3.05) is 16.4 Å². The molecule has 0 saturated carbocycles. The van der Waals surface area contributed by atoms with Gasteiger partial charge < -0.3 is 0 Å². The van der Waals surface area contributed by atoms with Crippen LogP contribution in [0.4, 0.5) is 17.6 Å². The van der Waals surface area contributed by atoms with Crippen LogP contribution < -0.4 is 0 Å². The highest BCUT2D eigenvalue weighted by Crippen LogP contribution is 2.43. The van der Waals surface area contributed by atoms with E-state index in [1.165, 1.54) is 0 Å². The van der Waals surface area contributed by atoms with E-state index in [1.54, 1.807) is 12.1 Å². The van der Waals surface area contributed by atoms with Crippen molar-refractivity contribution in [3.63, 3.8) is 0 Å². The summed E-state index contributed by atoms with van der Waals surface area (Å²) < 4.78 is 54.2. The fourth-order valence-electron chi connectivity index (χ4n) is 3.67. The lowest BCUT2D eigenvalue weighted by Gasteiger charge is -2.32. The average molecular weight is 600 g/mol. The minimum Gasteiger partial charge on any atom is -0.251 e. The molecule has 1 unspecified atom stereocenters. The van der Waals surface area contributed by atoms with E-state index in [1.807, 2.05) is 0 Å². The summed E-state index contributed by atoms with van der Waals surface area (Å²) in [5.74, 6) is 0. The standard InChI is InChI=1S/C21H29BrClF4I/c22-11-4-2-1-3-9-21(23,10-5-13-28)19-7-6-16(15-25)17(8-12-24)18(19)14-20(26)27/h6-7,20H,1-5,8-15H2. The molecule has 0 fully saturated rings. The Hall–Kier alpha value is 0.440. The second kappa shape index (κ2) is 14.4. The number of hydrogen-bond acceptors (Lipinski definition) is 0. The lowest BCUT2D eigenvalue weighted by atomic mass is 9.81. The van der Waals surface area contributed by atoms with Crippen molar-refractivity contribution in [3.05, 3.63) is 34.4 Å². The maximum atomic E-state index is 13.4. The molecule has 0 aliphatic heterocycles. The second-order valence-corrected chi connectivity index (χ2v) is 9.60. The van der Waals surface area contributed by atoms with Gasteiger partial charge in [0.2, 0.25) is 6.43 Å². The fourth-order valence-corrected chi connectivity index (χ4v) is 4.90. The SMILES string of the molecule is FCCc1c(CF)ccc(C(Cl)(CCCI)CCCCCCBr)c1CC(F)F. The Bertz CT molecular complexity index is 574. The highest BCUT2D eigenvalue weighted by atomic mass is 127. The van der Waals surface area contributed by atoms with E-state index in [-0.39, 0.29) is 6.42 Å². The van der Waals surface area contributed by atoms with E-state index in [9.17, 15) is 17.6 Å². The van der Waals surface area contributed by atoms with Gasteiger partial charge in [0.1, 0.15) is 6.67 Å². The van der Waals surface area contributed by atoms with E-state index < -0.39 is 31.1 Å². The van der Waals surface area contributed by atoms with Crippen molar-refractivity contribution in [1.82, 2.24) is 0 Å². The molecule has 0 nitrogen and oxygen atoms in total. The van der Waals surface area contributed by atoms with E-state index in [2.05, 4.69) is 38.5 Å². The molecule has 1 atom stereocenters. The molecule has 0 spiro atoms. The van der Waals surface area contributed by atoms with Gasteiger partial charge in [0, 0.05) is 18.2 Å². The maximum absolute atomic E-state index is 13.4. The summed E-state index contributed by atoms with van der Waals surface area (Å²) in [5.41, 5.74) is 1.66. The van der Waals surface area contributed by atoms with E-state index >= 15 is 0 Å². The van der Waals surface area contributed by atoms with Gasteiger partial charge in [-0.15, -0.1) is 11.6 Å². The fraction of sp³-hybridized carbons (Fsp3) is 0.714. The number of halogens is 7. The maximum Gasteiger partial charge on any atom is 0.242 e. The molecular weight excluding hydrogens is 570 g/mol. The molecule has 0 aliphatic rings. The molecule has 28 heavy (non-hydrogen) atoms. The van der Waals surface area contributed by atoms with Crippen LogP contribution >= 0.6 is 50.1 Å². The Labute approximate surface area is 193 Å². The van der Waals surface area contributed by atoms with Crippen LogP contribution in [0.3, 0.4) is 0 Å². The first-order chi connectivity index (χ1) is 13.4. The summed E-state index contributed by atoms with van der Waals surface area (Å²) in [5, 5.41) is 0.962. The molecule has 0 radical (unpaired) electrons. The van der Waals surface area contributed by atoms with Crippen LogP contribution in [0.15, 0.2) is 12.1 Å². The summed E-state index contributed by atoms with van der Waals surface area (Å²) in [4.78, 5) is -0.774. The zero-order valence-corrected chi connectivity index (χ0v) is 20.6. The minimum atomic E-state index is -2.59. The van der Waals surface area contributed by atoms with Gasteiger partial charge in [-0.3, -0.25) is 4.39 Å². The Balaban J connectivity index is 3.30. The van der Waals surface area contributed by atoms with E-state index in [4.69, 9.17) is 11.6 Å². The minimum absolute atomic E-state index is 0.0559. The predicted molar refractivity (Wildman–Crippen MR) is 123 cm³/mol. The zero-order valence-electron chi connectivity index (χ0n) is 16.1. The van der Waals surface area contributed by atoms with Crippen LogP contribution in [-0.4, -0.2) is 22.9 Å². The molecule has 0 saturated heterocycles. The Morgan fingerprint density at radius 1 is 1.00 bits per heavy atom. The predicted octanol–water partition coefficient (Wildman–Crippen LogP) is 8.47. The summed E-state index contributed by atoms with van der Waals surface area (Å²) in [6.45, 7) is -1.50. The van der Waals surface area contributed by atoms with Gasteiger partial charge in [0.05, 0.1) is 11.5 Å². The number of hydrogen-bond donors (Lipinski definition) is 0. The van der Waals surface area contributed by atoms with Crippen LogP contribution in [0.2, 0.25) is 0 Å². The van der Waals surface area contributed by atoms with Crippen molar-refractivity contribution < 1.29 is 17.6 Å². The number of alkyl halides is 7. The van der Waals surface area contributed by atoms with E-state index in [0.717, 1.165) is 41.9 Å². The largest absolute Gasteiger partial charge is 0.251 e. The monoisotopic (exact) mass is 598 g/mol. The Kier molecular flexibility index (Phi) is 13.7. The zero-order chi connectivity index (χ0) is 21.0. The average Bonchev–Trinajstić information content (AvgIpc) is 2.67. The first-order valence-electron chi connectivity index (χ1n) is 9.78. The molecule has 0 aliphatic carbocycles. The van der Waals surface area contributed by atoms with Gasteiger partial charge in [0.25, 0.3) is 0 Å². The van der Waals surface area contributed by atoms with E-state index in [0.29, 0.717) is 35.1 Å². The molecule has 0 N–H and O–H groups in total. The van der Waals surface area contributed by atoms with Crippen molar-refractivity contribution in [1.29, 1.82) is 0 Å². The molecule has 1 rings (SSSR count). The summed E-state index contributed by atoms with van der Waals surface area (Å²) >= 11 is 12.8. The van der Waals surface area contributed by atoms with Crippen molar-refractivity contribution in [3.8, 4) is 0 Å². The van der Waals surface area contributed by atoms with Crippen LogP contribution in [0.25, 0.3) is 0 Å². The van der Waals surface area contributed by atoms with Gasteiger partial charge >= 0.3 is 0 Å². The lowest BCUT2D eigenvalue weighted by Crippen LogP contribution is -2.24. The van der Waals surface area contributed by atoms with Crippen LogP contribution in [-0.2, 0) is 24.4 Å². The van der Waals surface area contributed by atoms with Crippen LogP contribution in [0.5, 0.6) is 0 Å². The highest BCUT2D eigenvalue weighted by Gasteiger charge is 2.33. The molecule has 1 aromatic rings. The molecule has 1 aromatic carbocycles. The molecular formula is C21H29BrClF4I. The molecule has 0 heterocycles. The smallest absolute Gasteiger partial charge is 0.242 e. The van der Waals surface area contributed by atoms with Crippen LogP contribution in [0.1, 0.15) is 67.2 Å². The van der Waals surface area contributed by atoms with Gasteiger partial charge in [-0.2, -0.15) is 0 Å². The molecule has 162 valence electrons. The molecule has 0 amide bonds. The number of rotatable bonds is 15. The third-order valence-corrected chi connectivity index (χ3v) is 6.93. The van der Waals surface area contributed by atoms with Crippen molar-refractivity contribution in [2.24, 2.45) is 0 Å². The molecule has 0 aromatic heterocycles. The second-order valence-electron chi connectivity index (χ2n) is 7.01. The summed E-state index contributed by atoms with van der Waals surface area (Å²) in [6, 6.07) is 3.30. The van der Waals surface area contributed by atoms with Crippen molar-refractivity contribution >= 4 is 50.1 Å². The normalized spacial score (nSPS) is 13.9. The van der Waals surface area contributed by atoms with Gasteiger partial charge in [-0.05, 0) is 52.4 Å². The third-order valence-electron chi connectivity index (χ3n) is 5.02. The molecule has 0 bridgehead atoms. The first kappa shape index (κ1) is 26.5. The Morgan fingerprint density at radius 2 is 1.68 bits per heavy atom. The van der Waals surface area contributed by atoms with Gasteiger partial charge in [-0.25, -0.2) is 13.2 Å². The van der Waals surface area contributed by atoms with Crippen molar-refractivity contribution in [2.45, 2.75) is 75.8 Å². The number of benzene rings is 1. The third kappa shape index (κ3) is 8.29. The van der Waals surface area contributed by atoms with Crippen LogP contribution in [0, 0.1) is 0 Å². The topological polar surface area (TPSA) is 0 Å². The van der Waals surface area contributed by atoms with Gasteiger partial charge in [-0.1, -0.05) is 69.9 Å².